The molecule has 0 atom stereocenters. The molecule has 2 rings (SSSR count). The molecule has 1 aromatic rings. The molecule has 0 bridgehead atoms. The molecule has 0 saturated carbocycles. The van der Waals surface area contributed by atoms with Crippen molar-refractivity contribution in [1.29, 1.82) is 0 Å². The first kappa shape index (κ1) is 10.9. The van der Waals surface area contributed by atoms with Gasteiger partial charge in [-0.15, -0.1) is 0 Å². The molecular formula is C12H15N2O2. The Morgan fingerprint density at radius 3 is 2.56 bits per heavy atom. The van der Waals surface area contributed by atoms with Gasteiger partial charge in [0, 0.05) is 24.8 Å². The maximum Gasteiger partial charge on any atom is 0.279 e. The van der Waals surface area contributed by atoms with Crippen LogP contribution in [0.5, 0.6) is 0 Å². The van der Waals surface area contributed by atoms with E-state index >= 15 is 0 Å². The number of rotatable bonds is 2. The van der Waals surface area contributed by atoms with Gasteiger partial charge in [-0.1, -0.05) is 12.8 Å². The number of nitro benzene ring substituents is 1. The fourth-order valence-corrected chi connectivity index (χ4v) is 2.07. The summed E-state index contributed by atoms with van der Waals surface area (Å²) in [6.07, 6.45) is 4.87. The normalized spacial score (nSPS) is 16.9. The molecule has 0 aliphatic carbocycles. The minimum atomic E-state index is -0.388. The molecule has 1 heterocycles. The Hall–Kier alpha value is -1.58. The summed E-state index contributed by atoms with van der Waals surface area (Å²) in [7, 11) is 0. The van der Waals surface area contributed by atoms with Crippen molar-refractivity contribution in [1.82, 2.24) is 0 Å². The molecular weight excluding hydrogens is 204 g/mol. The monoisotopic (exact) mass is 219 g/mol. The van der Waals surface area contributed by atoms with E-state index in [2.05, 4.69) is 11.0 Å². The van der Waals surface area contributed by atoms with Crippen LogP contribution in [0, 0.1) is 16.2 Å². The minimum absolute atomic E-state index is 0.0572. The highest BCUT2D eigenvalue weighted by Crippen LogP contribution is 2.23. The van der Waals surface area contributed by atoms with Crippen molar-refractivity contribution in [3.63, 3.8) is 0 Å². The zero-order valence-corrected chi connectivity index (χ0v) is 9.19. The Bertz CT molecular complexity index is 371. The van der Waals surface area contributed by atoms with Gasteiger partial charge >= 0.3 is 0 Å². The Balaban J connectivity index is 2.18. The number of hydrogen-bond acceptors (Lipinski definition) is 3. The third-order valence-corrected chi connectivity index (χ3v) is 2.94. The highest BCUT2D eigenvalue weighted by Gasteiger charge is 2.13. The molecule has 0 spiro atoms. The van der Waals surface area contributed by atoms with Crippen LogP contribution in [0.1, 0.15) is 25.7 Å². The Morgan fingerprint density at radius 1 is 1.25 bits per heavy atom. The molecule has 0 aromatic heterocycles. The number of benzene rings is 1. The van der Waals surface area contributed by atoms with Gasteiger partial charge in [0.1, 0.15) is 0 Å². The molecule has 1 fully saturated rings. The van der Waals surface area contributed by atoms with E-state index in [1.54, 1.807) is 12.1 Å². The van der Waals surface area contributed by atoms with E-state index in [0.29, 0.717) is 0 Å². The second kappa shape index (κ2) is 4.96. The van der Waals surface area contributed by atoms with Crippen LogP contribution in [0.2, 0.25) is 0 Å². The lowest BCUT2D eigenvalue weighted by molar-refractivity contribution is -0.385. The Morgan fingerprint density at radius 2 is 1.94 bits per heavy atom. The summed E-state index contributed by atoms with van der Waals surface area (Å²) >= 11 is 0. The quantitative estimate of drug-likeness (QED) is 0.567. The summed E-state index contributed by atoms with van der Waals surface area (Å²) in [5.74, 6) is 0. The van der Waals surface area contributed by atoms with E-state index < -0.39 is 0 Å². The van der Waals surface area contributed by atoms with Crippen LogP contribution in [0.4, 0.5) is 11.4 Å². The molecule has 0 amide bonds. The molecule has 4 heteroatoms. The second-order valence-electron chi connectivity index (χ2n) is 4.09. The summed E-state index contributed by atoms with van der Waals surface area (Å²) < 4.78 is 0. The van der Waals surface area contributed by atoms with Crippen LogP contribution in [0.25, 0.3) is 0 Å². The lowest BCUT2D eigenvalue weighted by Gasteiger charge is -2.22. The van der Waals surface area contributed by atoms with Crippen molar-refractivity contribution in [3.05, 3.63) is 34.4 Å². The first-order chi connectivity index (χ1) is 7.77. The van der Waals surface area contributed by atoms with E-state index in [4.69, 9.17) is 0 Å². The molecule has 1 saturated heterocycles. The minimum Gasteiger partial charge on any atom is -0.371 e. The van der Waals surface area contributed by atoms with Gasteiger partial charge in [-0.2, -0.15) is 0 Å². The highest BCUT2D eigenvalue weighted by atomic mass is 16.6. The molecule has 1 radical (unpaired) electrons. The van der Waals surface area contributed by atoms with Crippen LogP contribution >= 0.6 is 0 Å². The molecule has 0 unspecified atom stereocenters. The lowest BCUT2D eigenvalue weighted by Crippen LogP contribution is -2.23. The summed E-state index contributed by atoms with van der Waals surface area (Å²) in [4.78, 5) is 12.5. The zero-order chi connectivity index (χ0) is 11.4. The van der Waals surface area contributed by atoms with Crippen molar-refractivity contribution in [2.75, 3.05) is 18.0 Å². The predicted molar refractivity (Wildman–Crippen MR) is 62.6 cm³/mol. The Kier molecular flexibility index (Phi) is 3.39. The van der Waals surface area contributed by atoms with Gasteiger partial charge in [-0.25, -0.2) is 0 Å². The molecule has 1 aromatic carbocycles. The Labute approximate surface area is 95.0 Å². The van der Waals surface area contributed by atoms with Gasteiger partial charge in [-0.05, 0) is 25.0 Å². The second-order valence-corrected chi connectivity index (χ2v) is 4.09. The first-order valence-corrected chi connectivity index (χ1v) is 5.68. The molecule has 16 heavy (non-hydrogen) atoms. The third-order valence-electron chi connectivity index (χ3n) is 2.94. The van der Waals surface area contributed by atoms with Gasteiger partial charge in [0.25, 0.3) is 5.69 Å². The van der Waals surface area contributed by atoms with Crippen LogP contribution in [-0.4, -0.2) is 18.0 Å². The van der Waals surface area contributed by atoms with E-state index in [1.165, 1.54) is 25.7 Å². The van der Waals surface area contributed by atoms with Crippen LogP contribution in [-0.2, 0) is 0 Å². The predicted octanol–water partition coefficient (Wildman–Crippen LogP) is 2.78. The van der Waals surface area contributed by atoms with Gasteiger partial charge < -0.3 is 4.90 Å². The SMILES string of the molecule is O=[N+]([O-])c1[c]ccc(N2CCCCCC2)c1. The van der Waals surface area contributed by atoms with Crippen LogP contribution in [0.3, 0.4) is 0 Å². The number of hydrogen-bond donors (Lipinski definition) is 0. The molecule has 4 nitrogen and oxygen atoms in total. The third kappa shape index (κ3) is 2.51. The maximum absolute atomic E-state index is 10.7. The van der Waals surface area contributed by atoms with Crippen molar-refractivity contribution < 1.29 is 4.92 Å². The first-order valence-electron chi connectivity index (χ1n) is 5.68. The van der Waals surface area contributed by atoms with E-state index in [1.807, 2.05) is 6.07 Å². The number of non-ortho nitro benzene ring substituents is 1. The standard InChI is InChI=1S/C12H15N2O2/c15-14(16)12-7-5-6-11(10-12)13-8-3-1-2-4-9-13/h5-6,10H,1-4,8-9H2. The van der Waals surface area contributed by atoms with Crippen LogP contribution < -0.4 is 4.90 Å². The van der Waals surface area contributed by atoms with Crippen molar-refractivity contribution in [3.8, 4) is 0 Å². The van der Waals surface area contributed by atoms with E-state index in [-0.39, 0.29) is 10.6 Å². The van der Waals surface area contributed by atoms with Crippen molar-refractivity contribution >= 4 is 11.4 Å². The van der Waals surface area contributed by atoms with Crippen molar-refractivity contribution in [2.24, 2.45) is 0 Å². The van der Waals surface area contributed by atoms with Crippen LogP contribution in [0.15, 0.2) is 18.2 Å². The fourth-order valence-electron chi connectivity index (χ4n) is 2.07. The van der Waals surface area contributed by atoms with Gasteiger partial charge in [0.05, 0.1) is 11.0 Å². The maximum atomic E-state index is 10.7. The van der Waals surface area contributed by atoms with E-state index in [0.717, 1.165) is 18.8 Å². The summed E-state index contributed by atoms with van der Waals surface area (Å²) in [5.41, 5.74) is 1.01. The van der Waals surface area contributed by atoms with Gasteiger partial charge in [0.2, 0.25) is 0 Å². The number of nitro groups is 1. The number of nitrogens with zero attached hydrogens (tertiary/aromatic N) is 2. The molecule has 1 aliphatic heterocycles. The average Bonchev–Trinajstić information content (AvgIpc) is 2.57. The van der Waals surface area contributed by atoms with Gasteiger partial charge in [0.15, 0.2) is 0 Å². The molecule has 85 valence electrons. The highest BCUT2D eigenvalue weighted by molar-refractivity contribution is 5.52. The fraction of sp³-hybridized carbons (Fsp3) is 0.500. The summed E-state index contributed by atoms with van der Waals surface area (Å²) in [5, 5.41) is 10.7. The average molecular weight is 219 g/mol. The largest absolute Gasteiger partial charge is 0.371 e. The summed E-state index contributed by atoms with van der Waals surface area (Å²) in [6.45, 7) is 2.00. The topological polar surface area (TPSA) is 46.4 Å². The number of anilines is 1. The van der Waals surface area contributed by atoms with Crippen molar-refractivity contribution in [2.45, 2.75) is 25.7 Å². The van der Waals surface area contributed by atoms with E-state index in [9.17, 15) is 10.1 Å². The molecule has 1 aliphatic rings. The molecule has 0 N–H and O–H groups in total. The zero-order valence-electron chi connectivity index (χ0n) is 9.19. The summed E-state index contributed by atoms with van der Waals surface area (Å²) in [6, 6.07) is 7.79. The smallest absolute Gasteiger partial charge is 0.279 e. The van der Waals surface area contributed by atoms with Gasteiger partial charge in [-0.3, -0.25) is 10.1 Å². The lowest BCUT2D eigenvalue weighted by atomic mass is 10.2.